The van der Waals surface area contributed by atoms with E-state index >= 15 is 0 Å². The lowest BCUT2D eigenvalue weighted by atomic mass is 9.99. The number of carbonyl (C=O) groups excluding carboxylic acids is 3. The summed E-state index contributed by atoms with van der Waals surface area (Å²) in [6.45, 7) is 11.3. The minimum Gasteiger partial charge on any atom is -0.462 e. The van der Waals surface area contributed by atoms with E-state index in [1.54, 1.807) is 0 Å². The number of hydrogen-bond acceptors (Lipinski definition) is 6. The minimum atomic E-state index is -0.760. The Morgan fingerprint density at radius 1 is 0.389 bits per heavy atom. The molecule has 0 aliphatic rings. The Morgan fingerprint density at radius 3 is 1.06 bits per heavy atom. The molecule has 0 heterocycles. The molecule has 0 radical (unpaired) electrons. The van der Waals surface area contributed by atoms with E-state index in [1.165, 1.54) is 148 Å². The summed E-state index contributed by atoms with van der Waals surface area (Å²) in [6.07, 6.45) is 39.4. The standard InChI is InChI=1S/C48H92O6/c1-6-8-9-10-11-12-18-23-28-33-38-46(49)52-41-45(42-53-47(50)39-34-29-24-20-15-16-21-26-31-36-43(3)4)54-48(51)40-35-30-25-19-14-13-17-22-27-32-37-44(5)7-2/h43-45H,6-42H2,1-5H3/t44?,45-/m0/s1. The molecule has 0 fully saturated rings. The molecule has 6 heteroatoms. The topological polar surface area (TPSA) is 78.9 Å². The molecule has 0 spiro atoms. The average Bonchev–Trinajstić information content (AvgIpc) is 3.15. The van der Waals surface area contributed by atoms with Crippen molar-refractivity contribution in [2.45, 2.75) is 265 Å². The van der Waals surface area contributed by atoms with Crippen LogP contribution >= 0.6 is 0 Å². The summed E-state index contributed by atoms with van der Waals surface area (Å²) in [6, 6.07) is 0. The Balaban J connectivity index is 4.33. The maximum absolute atomic E-state index is 12.7. The summed E-state index contributed by atoms with van der Waals surface area (Å²) in [5, 5.41) is 0. The Labute approximate surface area is 336 Å². The first kappa shape index (κ1) is 52.4. The first-order valence-electron chi connectivity index (χ1n) is 23.8. The summed E-state index contributed by atoms with van der Waals surface area (Å²) in [5.74, 6) is 0.819. The molecule has 0 aliphatic carbocycles. The van der Waals surface area contributed by atoms with E-state index in [0.717, 1.165) is 69.6 Å². The molecule has 6 nitrogen and oxygen atoms in total. The summed E-state index contributed by atoms with van der Waals surface area (Å²) >= 11 is 0. The van der Waals surface area contributed by atoms with Gasteiger partial charge in [-0.15, -0.1) is 0 Å². The van der Waals surface area contributed by atoms with Crippen molar-refractivity contribution < 1.29 is 28.6 Å². The van der Waals surface area contributed by atoms with E-state index < -0.39 is 6.10 Å². The van der Waals surface area contributed by atoms with Gasteiger partial charge < -0.3 is 14.2 Å². The lowest BCUT2D eigenvalue weighted by Crippen LogP contribution is -2.30. The molecule has 0 aromatic heterocycles. The fourth-order valence-corrected chi connectivity index (χ4v) is 7.07. The Hall–Kier alpha value is -1.59. The number of ether oxygens (including phenoxy) is 3. The molecule has 0 bridgehead atoms. The van der Waals surface area contributed by atoms with Crippen LogP contribution in [0.3, 0.4) is 0 Å². The number of esters is 3. The third-order valence-electron chi connectivity index (χ3n) is 11.1. The molecule has 0 aliphatic heterocycles. The van der Waals surface area contributed by atoms with Crippen molar-refractivity contribution in [1.29, 1.82) is 0 Å². The lowest BCUT2D eigenvalue weighted by Gasteiger charge is -2.18. The van der Waals surface area contributed by atoms with Gasteiger partial charge in [-0.2, -0.15) is 0 Å². The number of carbonyl (C=O) groups is 3. The quantitative estimate of drug-likeness (QED) is 0.0350. The largest absolute Gasteiger partial charge is 0.462 e. The van der Waals surface area contributed by atoms with Crippen molar-refractivity contribution in [3.05, 3.63) is 0 Å². The van der Waals surface area contributed by atoms with E-state index in [1.807, 2.05) is 0 Å². The van der Waals surface area contributed by atoms with E-state index in [2.05, 4.69) is 34.6 Å². The van der Waals surface area contributed by atoms with Crippen LogP contribution in [0.15, 0.2) is 0 Å². The van der Waals surface area contributed by atoms with Crippen molar-refractivity contribution in [3.63, 3.8) is 0 Å². The molecule has 2 atom stereocenters. The second-order valence-corrected chi connectivity index (χ2v) is 17.1. The van der Waals surface area contributed by atoms with Crippen LogP contribution in [0.5, 0.6) is 0 Å². The highest BCUT2D eigenvalue weighted by molar-refractivity contribution is 5.71. The third kappa shape index (κ3) is 40.1. The molecule has 320 valence electrons. The summed E-state index contributed by atoms with van der Waals surface area (Å²) in [4.78, 5) is 37.7. The van der Waals surface area contributed by atoms with Gasteiger partial charge in [0.2, 0.25) is 0 Å². The van der Waals surface area contributed by atoms with Gasteiger partial charge in [0.05, 0.1) is 0 Å². The molecule has 0 N–H and O–H groups in total. The van der Waals surface area contributed by atoms with E-state index in [-0.39, 0.29) is 31.1 Å². The van der Waals surface area contributed by atoms with Crippen LogP contribution in [-0.4, -0.2) is 37.2 Å². The van der Waals surface area contributed by atoms with Crippen molar-refractivity contribution in [1.82, 2.24) is 0 Å². The molecule has 0 aromatic rings. The van der Waals surface area contributed by atoms with Crippen LogP contribution < -0.4 is 0 Å². The molecule has 0 aromatic carbocycles. The van der Waals surface area contributed by atoms with Crippen LogP contribution in [0.2, 0.25) is 0 Å². The highest BCUT2D eigenvalue weighted by Crippen LogP contribution is 2.17. The molecular weight excluding hydrogens is 673 g/mol. The third-order valence-corrected chi connectivity index (χ3v) is 11.1. The van der Waals surface area contributed by atoms with Crippen LogP contribution in [0.25, 0.3) is 0 Å². The van der Waals surface area contributed by atoms with Crippen molar-refractivity contribution in [3.8, 4) is 0 Å². The van der Waals surface area contributed by atoms with Gasteiger partial charge in [-0.3, -0.25) is 14.4 Å². The second kappa shape index (κ2) is 41.1. The van der Waals surface area contributed by atoms with Gasteiger partial charge >= 0.3 is 17.9 Å². The van der Waals surface area contributed by atoms with Crippen LogP contribution in [0.1, 0.15) is 259 Å². The van der Waals surface area contributed by atoms with Crippen LogP contribution in [0.4, 0.5) is 0 Å². The monoisotopic (exact) mass is 765 g/mol. The predicted octanol–water partition coefficient (Wildman–Crippen LogP) is 15.0. The SMILES string of the molecule is CCCCCCCCCCCCC(=O)OC[C@@H](COC(=O)CCCCCCCCCCCC(C)C)OC(=O)CCCCCCCCCCCCC(C)CC. The Bertz CT molecular complexity index is 826. The van der Waals surface area contributed by atoms with Gasteiger partial charge in [0.1, 0.15) is 13.2 Å². The van der Waals surface area contributed by atoms with Crippen LogP contribution in [0, 0.1) is 11.8 Å². The molecule has 0 saturated heterocycles. The van der Waals surface area contributed by atoms with Gasteiger partial charge in [-0.25, -0.2) is 0 Å². The van der Waals surface area contributed by atoms with Gasteiger partial charge in [0, 0.05) is 19.3 Å². The zero-order chi connectivity index (χ0) is 39.7. The number of hydrogen-bond donors (Lipinski definition) is 0. The van der Waals surface area contributed by atoms with E-state index in [4.69, 9.17) is 14.2 Å². The number of rotatable bonds is 42. The minimum absolute atomic E-state index is 0.0648. The van der Waals surface area contributed by atoms with Gasteiger partial charge in [0.25, 0.3) is 0 Å². The van der Waals surface area contributed by atoms with Crippen molar-refractivity contribution in [2.24, 2.45) is 11.8 Å². The maximum atomic E-state index is 12.7. The normalized spacial score (nSPS) is 12.6. The van der Waals surface area contributed by atoms with Gasteiger partial charge in [0.15, 0.2) is 6.10 Å². The molecule has 0 saturated carbocycles. The predicted molar refractivity (Wildman–Crippen MR) is 229 cm³/mol. The first-order chi connectivity index (χ1) is 26.3. The van der Waals surface area contributed by atoms with E-state index in [9.17, 15) is 14.4 Å². The fraction of sp³-hybridized carbons (Fsp3) is 0.938. The first-order valence-corrected chi connectivity index (χ1v) is 23.8. The van der Waals surface area contributed by atoms with Gasteiger partial charge in [-0.1, -0.05) is 221 Å². The zero-order valence-corrected chi connectivity index (χ0v) is 36.8. The zero-order valence-electron chi connectivity index (χ0n) is 36.8. The average molecular weight is 765 g/mol. The Morgan fingerprint density at radius 2 is 0.704 bits per heavy atom. The fourth-order valence-electron chi connectivity index (χ4n) is 7.07. The molecule has 54 heavy (non-hydrogen) atoms. The Kier molecular flexibility index (Phi) is 39.8. The maximum Gasteiger partial charge on any atom is 0.306 e. The summed E-state index contributed by atoms with van der Waals surface area (Å²) in [5.41, 5.74) is 0. The van der Waals surface area contributed by atoms with Crippen molar-refractivity contribution in [2.75, 3.05) is 13.2 Å². The second-order valence-electron chi connectivity index (χ2n) is 17.1. The van der Waals surface area contributed by atoms with Crippen LogP contribution in [-0.2, 0) is 28.6 Å². The molecule has 1 unspecified atom stereocenters. The lowest BCUT2D eigenvalue weighted by molar-refractivity contribution is -0.167. The summed E-state index contributed by atoms with van der Waals surface area (Å²) in [7, 11) is 0. The molecule has 0 rings (SSSR count). The molecular formula is C48H92O6. The summed E-state index contributed by atoms with van der Waals surface area (Å²) < 4.78 is 16.7. The smallest absolute Gasteiger partial charge is 0.306 e. The molecule has 0 amide bonds. The van der Waals surface area contributed by atoms with Gasteiger partial charge in [-0.05, 0) is 31.1 Å². The van der Waals surface area contributed by atoms with E-state index in [0.29, 0.717) is 19.3 Å². The highest BCUT2D eigenvalue weighted by Gasteiger charge is 2.19. The van der Waals surface area contributed by atoms with Crippen molar-refractivity contribution >= 4 is 17.9 Å². The highest BCUT2D eigenvalue weighted by atomic mass is 16.6. The number of unbranched alkanes of at least 4 members (excludes halogenated alkanes) is 26.